The number of rotatable bonds is 6. The molecule has 0 aliphatic carbocycles. The lowest BCUT2D eigenvalue weighted by molar-refractivity contribution is -0.141. The zero-order valence-electron chi connectivity index (χ0n) is 17.7. The Morgan fingerprint density at radius 2 is 1.71 bits per heavy atom. The molecule has 0 saturated heterocycles. The Labute approximate surface area is 189 Å². The molecule has 0 radical (unpaired) electrons. The molecule has 1 N–H and O–H groups in total. The van der Waals surface area contributed by atoms with E-state index in [0.29, 0.717) is 6.07 Å². The smallest absolute Gasteiger partial charge is 0.375 e. The lowest BCUT2D eigenvalue weighted by Gasteiger charge is -2.25. The first-order valence-corrected chi connectivity index (χ1v) is 9.75. The van der Waals surface area contributed by atoms with Gasteiger partial charge in [-0.15, -0.1) is 0 Å². The third kappa shape index (κ3) is 5.38. The molecule has 1 amide bonds. The number of ether oxygens (including phenoxy) is 1. The predicted molar refractivity (Wildman–Crippen MR) is 107 cm³/mol. The molecule has 12 heteroatoms. The molecule has 1 aromatic heterocycles. The molecule has 182 valence electrons. The van der Waals surface area contributed by atoms with E-state index in [4.69, 9.17) is 4.74 Å². The van der Waals surface area contributed by atoms with Crippen LogP contribution in [0, 0.1) is 5.82 Å². The minimum absolute atomic E-state index is 0.198. The largest absolute Gasteiger partial charge is 0.435 e. The van der Waals surface area contributed by atoms with Gasteiger partial charge in [-0.2, -0.15) is 31.4 Å². The van der Waals surface area contributed by atoms with Gasteiger partial charge in [0.25, 0.3) is 5.91 Å². The molecule has 0 bridgehead atoms. The summed E-state index contributed by atoms with van der Waals surface area (Å²) in [4.78, 5) is 12.5. The van der Waals surface area contributed by atoms with Crippen LogP contribution >= 0.6 is 0 Å². The van der Waals surface area contributed by atoms with Gasteiger partial charge in [-0.3, -0.25) is 4.79 Å². The summed E-state index contributed by atoms with van der Waals surface area (Å²) in [6.07, 6.45) is -9.46. The molecule has 0 aliphatic rings. The molecule has 2 unspecified atom stereocenters. The first kappa shape index (κ1) is 25.2. The van der Waals surface area contributed by atoms with E-state index >= 15 is 0 Å². The second-order valence-electron chi connectivity index (χ2n) is 7.32. The number of nitrogens with zero attached hydrogens (tertiary/aromatic N) is 2. The Morgan fingerprint density at radius 3 is 2.26 bits per heavy atom. The summed E-state index contributed by atoms with van der Waals surface area (Å²) in [7, 11) is 1.26. The van der Waals surface area contributed by atoms with Gasteiger partial charge in [0.2, 0.25) is 0 Å². The molecule has 3 rings (SSSR count). The molecule has 34 heavy (non-hydrogen) atoms. The van der Waals surface area contributed by atoms with Crippen molar-refractivity contribution in [1.82, 2.24) is 15.1 Å². The number of alkyl halides is 6. The molecule has 0 saturated carbocycles. The molecular weight excluding hydrogens is 471 g/mol. The number of hydrogen-bond acceptors (Lipinski definition) is 3. The third-order valence-electron chi connectivity index (χ3n) is 4.97. The third-order valence-corrected chi connectivity index (χ3v) is 4.97. The van der Waals surface area contributed by atoms with Crippen molar-refractivity contribution in [2.45, 2.75) is 31.4 Å². The van der Waals surface area contributed by atoms with Gasteiger partial charge in [0.1, 0.15) is 17.6 Å². The summed E-state index contributed by atoms with van der Waals surface area (Å²) < 4.78 is 98.6. The molecule has 1 heterocycles. The van der Waals surface area contributed by atoms with Crippen LogP contribution in [-0.2, 0) is 17.1 Å². The molecular formula is C22H18F7N3O2. The van der Waals surface area contributed by atoms with Crippen molar-refractivity contribution in [3.05, 3.63) is 82.9 Å². The van der Waals surface area contributed by atoms with Gasteiger partial charge in [-0.05, 0) is 42.8 Å². The normalized spacial score (nSPS) is 14.0. The Morgan fingerprint density at radius 1 is 1.03 bits per heavy atom. The number of halogens is 7. The zero-order valence-corrected chi connectivity index (χ0v) is 17.7. The zero-order chi connectivity index (χ0) is 25.3. The van der Waals surface area contributed by atoms with Crippen LogP contribution in [0.15, 0.2) is 54.7 Å². The van der Waals surface area contributed by atoms with E-state index in [0.717, 1.165) is 35.1 Å². The molecule has 2 aromatic carbocycles. The van der Waals surface area contributed by atoms with Gasteiger partial charge in [0, 0.05) is 13.3 Å². The van der Waals surface area contributed by atoms with Crippen LogP contribution in [0.3, 0.4) is 0 Å². The molecule has 0 fully saturated rings. The van der Waals surface area contributed by atoms with E-state index in [1.165, 1.54) is 32.2 Å². The van der Waals surface area contributed by atoms with Crippen molar-refractivity contribution in [2.24, 2.45) is 0 Å². The van der Waals surface area contributed by atoms with Gasteiger partial charge in [0.15, 0.2) is 5.69 Å². The lowest BCUT2D eigenvalue weighted by atomic mass is 10.0. The van der Waals surface area contributed by atoms with Gasteiger partial charge in [-0.25, -0.2) is 9.07 Å². The minimum atomic E-state index is -4.74. The van der Waals surface area contributed by atoms with E-state index in [1.54, 1.807) is 0 Å². The van der Waals surface area contributed by atoms with E-state index in [2.05, 4.69) is 10.4 Å². The van der Waals surface area contributed by atoms with Gasteiger partial charge in [-0.1, -0.05) is 18.2 Å². The number of hydrogen-bond donors (Lipinski definition) is 1. The number of methoxy groups -OCH3 is 1. The number of carbonyl (C=O) groups is 1. The molecule has 3 aromatic rings. The summed E-state index contributed by atoms with van der Waals surface area (Å²) >= 11 is 0. The van der Waals surface area contributed by atoms with Crippen molar-refractivity contribution in [2.75, 3.05) is 7.11 Å². The maximum atomic E-state index is 14.7. The quantitative estimate of drug-likeness (QED) is 0.462. The van der Waals surface area contributed by atoms with E-state index in [-0.39, 0.29) is 11.3 Å². The molecule has 0 spiro atoms. The first-order chi connectivity index (χ1) is 15.8. The number of aromatic nitrogens is 2. The van der Waals surface area contributed by atoms with Crippen molar-refractivity contribution in [3.8, 4) is 5.69 Å². The maximum absolute atomic E-state index is 14.7. The summed E-state index contributed by atoms with van der Waals surface area (Å²) in [6.45, 7) is 1.46. The fraction of sp³-hybridized carbons (Fsp3) is 0.273. The van der Waals surface area contributed by atoms with E-state index in [1.807, 2.05) is 0 Å². The van der Waals surface area contributed by atoms with Crippen LogP contribution in [0.25, 0.3) is 5.69 Å². The summed E-state index contributed by atoms with van der Waals surface area (Å²) in [5, 5.41) is 5.73. The van der Waals surface area contributed by atoms with Gasteiger partial charge < -0.3 is 10.1 Å². The topological polar surface area (TPSA) is 56.1 Å². The summed E-state index contributed by atoms with van der Waals surface area (Å²) in [6, 6.07) is 7.57. The number of benzene rings is 2. The highest BCUT2D eigenvalue weighted by Crippen LogP contribution is 2.32. The van der Waals surface area contributed by atoms with Crippen molar-refractivity contribution in [3.63, 3.8) is 0 Å². The van der Waals surface area contributed by atoms with E-state index < -0.39 is 53.0 Å². The molecule has 5 nitrogen and oxygen atoms in total. The number of amides is 1. The second-order valence-corrected chi connectivity index (χ2v) is 7.32. The highest BCUT2D eigenvalue weighted by Gasteiger charge is 2.36. The van der Waals surface area contributed by atoms with Crippen LogP contribution < -0.4 is 5.32 Å². The van der Waals surface area contributed by atoms with Crippen LogP contribution in [-0.4, -0.2) is 28.8 Å². The minimum Gasteiger partial charge on any atom is -0.375 e. The fourth-order valence-corrected chi connectivity index (χ4v) is 3.41. The van der Waals surface area contributed by atoms with Crippen molar-refractivity contribution < 1.29 is 40.3 Å². The maximum Gasteiger partial charge on any atom is 0.435 e. The van der Waals surface area contributed by atoms with E-state index in [9.17, 15) is 35.5 Å². The van der Waals surface area contributed by atoms with Crippen LogP contribution in [0.5, 0.6) is 0 Å². The second kappa shape index (κ2) is 9.45. The van der Waals surface area contributed by atoms with Crippen molar-refractivity contribution >= 4 is 5.91 Å². The average molecular weight is 489 g/mol. The molecule has 0 aliphatic heterocycles. The van der Waals surface area contributed by atoms with Crippen LogP contribution in [0.2, 0.25) is 0 Å². The Kier molecular flexibility index (Phi) is 7.01. The standard InChI is InChI=1S/C22H18F7N3O2/c1-12(30-20(33)14-5-3-4-6-15(14)21(24,25)26)19(34-2)13-7-8-17(16(23)11-13)32-10-9-18(31-32)22(27,28)29/h3-12,19H,1-2H3,(H,30,33). The number of carbonyl (C=O) groups excluding carboxylic acids is 1. The predicted octanol–water partition coefficient (Wildman–Crippen LogP) is 5.56. The Hall–Kier alpha value is -3.41. The first-order valence-electron chi connectivity index (χ1n) is 9.75. The van der Waals surface area contributed by atoms with Gasteiger partial charge in [0.05, 0.1) is 17.2 Å². The SMILES string of the molecule is COC(c1ccc(-n2ccc(C(F)(F)F)n2)c(F)c1)C(C)NC(=O)c1ccccc1C(F)(F)F. The Balaban J connectivity index is 1.82. The monoisotopic (exact) mass is 489 g/mol. The average Bonchev–Trinajstić information content (AvgIpc) is 3.24. The summed E-state index contributed by atoms with van der Waals surface area (Å²) in [5.74, 6) is -1.92. The highest BCUT2D eigenvalue weighted by atomic mass is 19.4. The number of nitrogens with one attached hydrogen (secondary N) is 1. The highest BCUT2D eigenvalue weighted by molar-refractivity contribution is 5.96. The van der Waals surface area contributed by atoms with Crippen molar-refractivity contribution in [1.29, 1.82) is 0 Å². The Bertz CT molecular complexity index is 1170. The van der Waals surface area contributed by atoms with Crippen LogP contribution in [0.4, 0.5) is 30.7 Å². The molecule has 2 atom stereocenters. The fourth-order valence-electron chi connectivity index (χ4n) is 3.41. The van der Waals surface area contributed by atoms with Gasteiger partial charge >= 0.3 is 12.4 Å². The van der Waals surface area contributed by atoms with Crippen LogP contribution in [0.1, 0.15) is 40.2 Å². The lowest BCUT2D eigenvalue weighted by Crippen LogP contribution is -2.38. The summed E-state index contributed by atoms with van der Waals surface area (Å²) in [5.41, 5.74) is -2.95.